The zero-order valence-corrected chi connectivity index (χ0v) is 13.4. The Hall–Kier alpha value is -0.830. The maximum atomic E-state index is 10.7. The van der Waals surface area contributed by atoms with Crippen molar-refractivity contribution in [2.45, 2.75) is 0 Å². The molecule has 92 valence electrons. The first-order valence-corrected chi connectivity index (χ1v) is 7.17. The molecule has 0 unspecified atom stereocenters. The van der Waals surface area contributed by atoms with E-state index in [1.54, 1.807) is 36.4 Å². The lowest BCUT2D eigenvalue weighted by Crippen LogP contribution is -1.93. The maximum Gasteiger partial charge on any atom is 0.154 e. The van der Waals surface area contributed by atoms with Crippen LogP contribution in [-0.4, -0.2) is 11.4 Å². The van der Waals surface area contributed by atoms with E-state index in [0.29, 0.717) is 17.1 Å². The number of aromatic hydroxyl groups is 1. The van der Waals surface area contributed by atoms with Crippen molar-refractivity contribution in [2.24, 2.45) is 0 Å². The molecule has 2 rings (SSSR count). The van der Waals surface area contributed by atoms with Gasteiger partial charge in [0.15, 0.2) is 5.75 Å². The molecule has 0 heterocycles. The Kier molecular flexibility index (Phi) is 4.44. The molecule has 0 amide bonds. The summed E-state index contributed by atoms with van der Waals surface area (Å²) in [4.78, 5) is 10.7. The summed E-state index contributed by atoms with van der Waals surface area (Å²) in [7, 11) is 0. The topological polar surface area (TPSA) is 46.5 Å². The second kappa shape index (κ2) is 5.87. The molecule has 2 aromatic carbocycles. The lowest BCUT2D eigenvalue weighted by Gasteiger charge is -2.10. The standard InChI is InChI=1S/C13H8I2O3/c14-11-5-8(7-16)6-12(15)13(11)18-10-3-1-9(17)2-4-10/h1-7,17H. The molecule has 2 aromatic rings. The average Bonchev–Trinajstić information content (AvgIpc) is 2.35. The van der Waals surface area contributed by atoms with E-state index in [2.05, 4.69) is 45.2 Å². The van der Waals surface area contributed by atoms with Gasteiger partial charge < -0.3 is 9.84 Å². The third-order valence-corrected chi connectivity index (χ3v) is 3.82. The van der Waals surface area contributed by atoms with Crippen molar-refractivity contribution in [1.82, 2.24) is 0 Å². The SMILES string of the molecule is O=Cc1cc(I)c(Oc2ccc(O)cc2)c(I)c1. The lowest BCUT2D eigenvalue weighted by atomic mass is 10.2. The lowest BCUT2D eigenvalue weighted by molar-refractivity contribution is 0.112. The molecular formula is C13H8I2O3. The number of carbonyl (C=O) groups is 1. The largest absolute Gasteiger partial charge is 0.508 e. The number of ether oxygens (including phenoxy) is 1. The van der Waals surface area contributed by atoms with Gasteiger partial charge in [0.1, 0.15) is 17.8 Å². The Bertz CT molecular complexity index is 556. The molecule has 18 heavy (non-hydrogen) atoms. The Morgan fingerprint density at radius 3 is 2.11 bits per heavy atom. The van der Waals surface area contributed by atoms with Crippen molar-refractivity contribution < 1.29 is 14.6 Å². The van der Waals surface area contributed by atoms with Crippen molar-refractivity contribution in [1.29, 1.82) is 0 Å². The molecule has 0 aliphatic carbocycles. The number of hydrogen-bond acceptors (Lipinski definition) is 3. The highest BCUT2D eigenvalue weighted by atomic mass is 127. The van der Waals surface area contributed by atoms with E-state index in [1.165, 1.54) is 0 Å². The van der Waals surface area contributed by atoms with Crippen LogP contribution in [0.4, 0.5) is 0 Å². The summed E-state index contributed by atoms with van der Waals surface area (Å²) in [6.45, 7) is 0. The zero-order chi connectivity index (χ0) is 13.1. The van der Waals surface area contributed by atoms with E-state index >= 15 is 0 Å². The predicted octanol–water partition coefficient (Wildman–Crippen LogP) is 4.21. The van der Waals surface area contributed by atoms with E-state index in [4.69, 9.17) is 4.74 Å². The summed E-state index contributed by atoms with van der Waals surface area (Å²) in [6.07, 6.45) is 0.814. The summed E-state index contributed by atoms with van der Waals surface area (Å²) in [6, 6.07) is 10.0. The van der Waals surface area contributed by atoms with Crippen LogP contribution < -0.4 is 4.74 Å². The van der Waals surface area contributed by atoms with Crippen LogP contribution in [0.25, 0.3) is 0 Å². The molecular weight excluding hydrogens is 458 g/mol. The smallest absolute Gasteiger partial charge is 0.154 e. The molecule has 0 aromatic heterocycles. The van der Waals surface area contributed by atoms with Crippen LogP contribution in [-0.2, 0) is 0 Å². The molecule has 0 fully saturated rings. The van der Waals surface area contributed by atoms with Crippen LogP contribution in [0.3, 0.4) is 0 Å². The fourth-order valence-electron chi connectivity index (χ4n) is 1.38. The maximum absolute atomic E-state index is 10.7. The van der Waals surface area contributed by atoms with Gasteiger partial charge in [0.2, 0.25) is 0 Å². The summed E-state index contributed by atoms with van der Waals surface area (Å²) < 4.78 is 7.49. The molecule has 1 N–H and O–H groups in total. The van der Waals surface area contributed by atoms with Gasteiger partial charge in [-0.1, -0.05) is 0 Å². The normalized spacial score (nSPS) is 10.1. The summed E-state index contributed by atoms with van der Waals surface area (Å²) in [5.41, 5.74) is 0.627. The second-order valence-corrected chi connectivity index (χ2v) is 5.85. The number of phenols is 1. The molecule has 0 radical (unpaired) electrons. The zero-order valence-electron chi connectivity index (χ0n) is 9.06. The minimum Gasteiger partial charge on any atom is -0.508 e. The van der Waals surface area contributed by atoms with E-state index in [-0.39, 0.29) is 5.75 Å². The number of phenolic OH excluding ortho intramolecular Hbond substituents is 1. The van der Waals surface area contributed by atoms with Gasteiger partial charge in [0.05, 0.1) is 7.14 Å². The molecule has 3 nitrogen and oxygen atoms in total. The number of hydrogen-bond donors (Lipinski definition) is 1. The molecule has 0 spiro atoms. The van der Waals surface area contributed by atoms with Crippen molar-refractivity contribution >= 4 is 51.5 Å². The Morgan fingerprint density at radius 1 is 1.06 bits per heavy atom. The van der Waals surface area contributed by atoms with Crippen molar-refractivity contribution in [3.8, 4) is 17.2 Å². The summed E-state index contributed by atoms with van der Waals surface area (Å²) >= 11 is 4.26. The molecule has 0 saturated carbocycles. The highest BCUT2D eigenvalue weighted by Gasteiger charge is 2.09. The van der Waals surface area contributed by atoms with Gasteiger partial charge in [-0.15, -0.1) is 0 Å². The van der Waals surface area contributed by atoms with Crippen LogP contribution in [0.5, 0.6) is 17.2 Å². The van der Waals surface area contributed by atoms with Crippen LogP contribution in [0.15, 0.2) is 36.4 Å². The summed E-state index contributed by atoms with van der Waals surface area (Å²) in [5, 5.41) is 9.20. The Balaban J connectivity index is 2.34. The summed E-state index contributed by atoms with van der Waals surface area (Å²) in [5.74, 6) is 1.55. The van der Waals surface area contributed by atoms with Gasteiger partial charge in [0.25, 0.3) is 0 Å². The molecule has 5 heteroatoms. The number of aldehydes is 1. The van der Waals surface area contributed by atoms with Crippen LogP contribution in [0.1, 0.15) is 10.4 Å². The first-order chi connectivity index (χ1) is 8.60. The highest BCUT2D eigenvalue weighted by Crippen LogP contribution is 2.33. The highest BCUT2D eigenvalue weighted by molar-refractivity contribution is 14.1. The minimum absolute atomic E-state index is 0.197. The predicted molar refractivity (Wildman–Crippen MR) is 85.4 cm³/mol. The number of halogens is 2. The van der Waals surface area contributed by atoms with E-state index < -0.39 is 0 Å². The van der Waals surface area contributed by atoms with Crippen molar-refractivity contribution in [3.63, 3.8) is 0 Å². The van der Waals surface area contributed by atoms with E-state index in [1.807, 2.05) is 0 Å². The number of rotatable bonds is 3. The first kappa shape index (κ1) is 13.6. The van der Waals surface area contributed by atoms with Gasteiger partial charge in [0, 0.05) is 5.56 Å². The van der Waals surface area contributed by atoms with Gasteiger partial charge in [-0.2, -0.15) is 0 Å². The molecule has 0 aliphatic rings. The molecule has 0 saturated heterocycles. The molecule has 0 atom stereocenters. The first-order valence-electron chi connectivity index (χ1n) is 5.01. The number of carbonyl (C=O) groups excluding carboxylic acids is 1. The second-order valence-electron chi connectivity index (χ2n) is 3.53. The number of benzene rings is 2. The van der Waals surface area contributed by atoms with Crippen LogP contribution >= 0.6 is 45.2 Å². The Labute approximate surface area is 131 Å². The molecule has 0 bridgehead atoms. The molecule has 0 aliphatic heterocycles. The monoisotopic (exact) mass is 466 g/mol. The van der Waals surface area contributed by atoms with Crippen molar-refractivity contribution in [3.05, 3.63) is 49.1 Å². The van der Waals surface area contributed by atoms with Gasteiger partial charge in [-0.3, -0.25) is 4.79 Å². The van der Waals surface area contributed by atoms with Gasteiger partial charge in [-0.25, -0.2) is 0 Å². The fourth-order valence-corrected chi connectivity index (χ4v) is 3.41. The minimum atomic E-state index is 0.197. The average molecular weight is 466 g/mol. The van der Waals surface area contributed by atoms with Crippen molar-refractivity contribution in [2.75, 3.05) is 0 Å². The Morgan fingerprint density at radius 2 is 1.61 bits per heavy atom. The van der Waals surface area contributed by atoms with E-state index in [9.17, 15) is 9.90 Å². The third kappa shape index (κ3) is 3.14. The van der Waals surface area contributed by atoms with E-state index in [0.717, 1.165) is 13.4 Å². The fraction of sp³-hybridized carbons (Fsp3) is 0. The van der Waals surface area contributed by atoms with Crippen LogP contribution in [0, 0.1) is 7.14 Å². The van der Waals surface area contributed by atoms with Gasteiger partial charge in [-0.05, 0) is 81.6 Å². The quantitative estimate of drug-likeness (QED) is 0.545. The third-order valence-electron chi connectivity index (χ3n) is 2.21. The van der Waals surface area contributed by atoms with Crippen LogP contribution in [0.2, 0.25) is 0 Å². The van der Waals surface area contributed by atoms with Gasteiger partial charge >= 0.3 is 0 Å².